The van der Waals surface area contributed by atoms with Gasteiger partial charge in [0.05, 0.1) is 5.19 Å². The van der Waals surface area contributed by atoms with Gasteiger partial charge < -0.3 is 8.85 Å². The first-order chi connectivity index (χ1) is 7.93. The summed E-state index contributed by atoms with van der Waals surface area (Å²) in [6.07, 6.45) is 0. The van der Waals surface area contributed by atoms with E-state index in [-0.39, 0.29) is 12.1 Å². The third kappa shape index (κ3) is 2.22. The number of hydrogen-bond donors (Lipinski definition) is 0. The molecule has 2 nitrogen and oxygen atoms in total. The molecule has 0 N–H and O–H groups in total. The van der Waals surface area contributed by atoms with Gasteiger partial charge in [0.25, 0.3) is 0 Å². The molecule has 0 fully saturated rings. The molecule has 0 atom stereocenters. The average Bonchev–Trinajstić information content (AvgIpc) is 2.33. The summed E-state index contributed by atoms with van der Waals surface area (Å²) >= 11 is 0. The molecule has 7 heteroatoms. The molecule has 0 aliphatic carbocycles. The van der Waals surface area contributed by atoms with E-state index in [4.69, 9.17) is 8.85 Å². The van der Waals surface area contributed by atoms with Crippen molar-refractivity contribution in [3.05, 3.63) is 29.3 Å². The highest BCUT2D eigenvalue weighted by Crippen LogP contribution is 2.19. The van der Waals surface area contributed by atoms with Crippen LogP contribution in [0.4, 0.5) is 17.6 Å². The van der Waals surface area contributed by atoms with E-state index < -0.39 is 37.0 Å². The van der Waals surface area contributed by atoms with Crippen LogP contribution in [-0.2, 0) is 8.85 Å². The van der Waals surface area contributed by atoms with Gasteiger partial charge in [0.15, 0.2) is 23.3 Å². The van der Waals surface area contributed by atoms with Crippen LogP contribution < -0.4 is 5.19 Å². The molecule has 96 valence electrons. The summed E-state index contributed by atoms with van der Waals surface area (Å²) in [6, 6.07) is 0.283. The summed E-state index contributed by atoms with van der Waals surface area (Å²) in [5, 5.41) is -0.762. The maximum atomic E-state index is 13.6. The van der Waals surface area contributed by atoms with Gasteiger partial charge in [0.1, 0.15) is 0 Å². The van der Waals surface area contributed by atoms with Crippen LogP contribution in [0.15, 0.2) is 6.07 Å². The van der Waals surface area contributed by atoms with Crippen molar-refractivity contribution in [2.75, 3.05) is 14.2 Å². The molecule has 0 saturated carbocycles. The Balaban J connectivity index is 3.58. The molecule has 0 bridgehead atoms. The van der Waals surface area contributed by atoms with E-state index in [1.165, 1.54) is 14.2 Å². The first-order valence-electron chi connectivity index (χ1n) is 4.87. The lowest BCUT2D eigenvalue weighted by atomic mass is 10.3. The molecule has 0 unspecified atom stereocenters. The fourth-order valence-electron chi connectivity index (χ4n) is 1.66. The second-order valence-corrected chi connectivity index (χ2v) is 6.89. The minimum absolute atomic E-state index is 0.122. The Bertz CT molecular complexity index is 387. The zero-order valence-corrected chi connectivity index (χ0v) is 10.6. The van der Waals surface area contributed by atoms with Crippen LogP contribution in [0.25, 0.3) is 0 Å². The fourth-order valence-corrected chi connectivity index (χ4v) is 4.07. The van der Waals surface area contributed by atoms with Crippen molar-refractivity contribution in [2.24, 2.45) is 0 Å². The Hall–Kier alpha value is -0.923. The molecule has 0 saturated heterocycles. The lowest BCUT2D eigenvalue weighted by Crippen LogP contribution is -2.55. The van der Waals surface area contributed by atoms with Crippen LogP contribution in [-0.4, -0.2) is 22.8 Å². The highest BCUT2D eigenvalue weighted by atomic mass is 28.4. The predicted octanol–water partition coefficient (Wildman–Crippen LogP) is 2.20. The number of benzene rings is 1. The topological polar surface area (TPSA) is 18.5 Å². The van der Waals surface area contributed by atoms with Gasteiger partial charge >= 0.3 is 8.56 Å². The van der Waals surface area contributed by atoms with Gasteiger partial charge in [-0.15, -0.1) is 0 Å². The van der Waals surface area contributed by atoms with Gasteiger partial charge in [-0.1, -0.05) is 6.92 Å². The average molecular weight is 268 g/mol. The van der Waals surface area contributed by atoms with Crippen LogP contribution in [0.1, 0.15) is 6.92 Å². The summed E-state index contributed by atoms with van der Waals surface area (Å²) in [5.41, 5.74) is 0. The minimum Gasteiger partial charge on any atom is -0.394 e. The Morgan fingerprint density at radius 1 is 1.00 bits per heavy atom. The van der Waals surface area contributed by atoms with Crippen LogP contribution in [0.5, 0.6) is 0 Å². The van der Waals surface area contributed by atoms with E-state index in [2.05, 4.69) is 0 Å². The molecule has 17 heavy (non-hydrogen) atoms. The molecule has 0 aliphatic rings. The van der Waals surface area contributed by atoms with Crippen molar-refractivity contribution < 1.29 is 26.4 Å². The molecule has 0 aliphatic heterocycles. The summed E-state index contributed by atoms with van der Waals surface area (Å²) in [6.45, 7) is 1.57. The monoisotopic (exact) mass is 268 g/mol. The van der Waals surface area contributed by atoms with E-state index in [9.17, 15) is 17.6 Å². The fraction of sp³-hybridized carbons (Fsp3) is 0.400. The van der Waals surface area contributed by atoms with Crippen molar-refractivity contribution in [3.8, 4) is 0 Å². The Morgan fingerprint density at radius 3 is 1.71 bits per heavy atom. The van der Waals surface area contributed by atoms with Crippen molar-refractivity contribution in [2.45, 2.75) is 13.0 Å². The Morgan fingerprint density at radius 2 is 1.41 bits per heavy atom. The lowest BCUT2D eigenvalue weighted by molar-refractivity contribution is 0.255. The van der Waals surface area contributed by atoms with Crippen LogP contribution >= 0.6 is 0 Å². The van der Waals surface area contributed by atoms with Crippen LogP contribution in [0, 0.1) is 23.3 Å². The van der Waals surface area contributed by atoms with Gasteiger partial charge in [-0.05, 0) is 6.04 Å². The molecular weight excluding hydrogens is 256 g/mol. The molecule has 0 radical (unpaired) electrons. The van der Waals surface area contributed by atoms with Gasteiger partial charge in [-0.2, -0.15) is 0 Å². The molecule has 1 rings (SSSR count). The van der Waals surface area contributed by atoms with Crippen molar-refractivity contribution in [3.63, 3.8) is 0 Å². The third-order valence-corrected chi connectivity index (χ3v) is 6.07. The normalized spacial score (nSPS) is 11.9. The van der Waals surface area contributed by atoms with Gasteiger partial charge in [0.2, 0.25) is 0 Å². The standard InChI is InChI=1S/C10H12F4O2Si/c1-4-17(15-2,16-3)10-8(13)6(11)5-7(12)9(10)14/h5H,4H2,1-3H3. The SMILES string of the molecule is CC[Si](OC)(OC)c1c(F)c(F)cc(F)c1F. The second-order valence-electron chi connectivity index (χ2n) is 3.36. The van der Waals surface area contributed by atoms with Crippen LogP contribution in [0.3, 0.4) is 0 Å². The van der Waals surface area contributed by atoms with E-state index >= 15 is 0 Å². The Labute approximate surface area is 97.4 Å². The van der Waals surface area contributed by atoms with E-state index in [1.54, 1.807) is 6.92 Å². The van der Waals surface area contributed by atoms with Gasteiger partial charge in [-0.3, -0.25) is 0 Å². The van der Waals surface area contributed by atoms with E-state index in [0.717, 1.165) is 0 Å². The zero-order chi connectivity index (χ0) is 13.2. The summed E-state index contributed by atoms with van der Waals surface area (Å²) in [7, 11) is -1.08. The van der Waals surface area contributed by atoms with E-state index in [1.807, 2.05) is 0 Å². The van der Waals surface area contributed by atoms with Crippen molar-refractivity contribution >= 4 is 13.7 Å². The predicted molar refractivity (Wildman–Crippen MR) is 56.2 cm³/mol. The van der Waals surface area contributed by atoms with E-state index in [0.29, 0.717) is 0 Å². The summed E-state index contributed by atoms with van der Waals surface area (Å²) in [4.78, 5) is 0. The maximum Gasteiger partial charge on any atom is 0.377 e. The third-order valence-electron chi connectivity index (χ3n) is 2.62. The zero-order valence-electron chi connectivity index (χ0n) is 9.61. The second kappa shape index (κ2) is 5.15. The van der Waals surface area contributed by atoms with Gasteiger partial charge in [-0.25, -0.2) is 17.6 Å². The minimum atomic E-state index is -3.48. The highest BCUT2D eigenvalue weighted by Gasteiger charge is 2.43. The number of rotatable bonds is 4. The first-order valence-corrected chi connectivity index (χ1v) is 6.89. The highest BCUT2D eigenvalue weighted by molar-refractivity contribution is 6.81. The lowest BCUT2D eigenvalue weighted by Gasteiger charge is -2.27. The molecule has 1 aromatic carbocycles. The molecule has 0 spiro atoms. The summed E-state index contributed by atoms with van der Waals surface area (Å²) in [5.74, 6) is -5.83. The molecule has 0 amide bonds. The number of hydrogen-bond acceptors (Lipinski definition) is 2. The largest absolute Gasteiger partial charge is 0.394 e. The smallest absolute Gasteiger partial charge is 0.377 e. The molecule has 1 aromatic rings. The molecule has 0 aromatic heterocycles. The quantitative estimate of drug-likeness (QED) is 0.473. The van der Waals surface area contributed by atoms with Crippen molar-refractivity contribution in [1.29, 1.82) is 0 Å². The maximum absolute atomic E-state index is 13.6. The summed E-state index contributed by atoms with van der Waals surface area (Å²) < 4.78 is 63.4. The number of halogens is 4. The Kier molecular flexibility index (Phi) is 4.29. The van der Waals surface area contributed by atoms with Crippen LogP contribution in [0.2, 0.25) is 6.04 Å². The molecular formula is C10H12F4O2Si. The van der Waals surface area contributed by atoms with Gasteiger partial charge in [0, 0.05) is 20.3 Å². The molecule has 0 heterocycles. The first kappa shape index (κ1) is 14.1. The van der Waals surface area contributed by atoms with Crippen molar-refractivity contribution in [1.82, 2.24) is 0 Å².